The Hall–Kier alpha value is -2.40. The molecule has 134 valence electrons. The van der Waals surface area contributed by atoms with E-state index in [9.17, 15) is 4.79 Å². The van der Waals surface area contributed by atoms with Gasteiger partial charge in [-0.3, -0.25) is 4.79 Å². The van der Waals surface area contributed by atoms with Crippen molar-refractivity contribution in [3.8, 4) is 11.3 Å². The molecule has 0 saturated carbocycles. The van der Waals surface area contributed by atoms with Crippen molar-refractivity contribution in [2.45, 2.75) is 6.42 Å². The molecule has 0 radical (unpaired) electrons. The van der Waals surface area contributed by atoms with E-state index in [1.807, 2.05) is 41.8 Å². The van der Waals surface area contributed by atoms with Gasteiger partial charge < -0.3 is 5.32 Å². The lowest BCUT2D eigenvalue weighted by molar-refractivity contribution is -0.115. The molecular weight excluding hydrogens is 399 g/mol. The Kier molecular flexibility index (Phi) is 5.12. The quantitative estimate of drug-likeness (QED) is 0.418. The van der Waals surface area contributed by atoms with Crippen LogP contribution in [0.4, 0.5) is 5.13 Å². The molecule has 0 bridgehead atoms. The van der Waals surface area contributed by atoms with Gasteiger partial charge in [0.25, 0.3) is 0 Å². The van der Waals surface area contributed by atoms with Crippen molar-refractivity contribution in [3.05, 3.63) is 81.7 Å². The molecule has 0 unspecified atom stereocenters. The summed E-state index contributed by atoms with van der Waals surface area (Å²) >= 11 is 13.6. The highest BCUT2D eigenvalue weighted by molar-refractivity contribution is 7.14. The van der Waals surface area contributed by atoms with Crippen LogP contribution in [-0.2, 0) is 11.2 Å². The first-order valence-electron chi connectivity index (χ1n) is 8.27. The minimum Gasteiger partial charge on any atom is -0.302 e. The Morgan fingerprint density at radius 1 is 1.00 bits per heavy atom. The number of anilines is 1. The van der Waals surface area contributed by atoms with E-state index in [0.717, 1.165) is 21.9 Å². The average molecular weight is 413 g/mol. The van der Waals surface area contributed by atoms with E-state index in [4.69, 9.17) is 23.2 Å². The van der Waals surface area contributed by atoms with Crippen molar-refractivity contribution in [3.63, 3.8) is 0 Å². The van der Waals surface area contributed by atoms with Gasteiger partial charge in [-0.1, -0.05) is 65.7 Å². The van der Waals surface area contributed by atoms with Crippen molar-refractivity contribution in [2.24, 2.45) is 0 Å². The molecule has 1 heterocycles. The SMILES string of the molecule is O=C(Cc1ccc2ccccc2c1)Nc1nc(-c2cc(Cl)ccc2Cl)cs1. The molecule has 0 aliphatic rings. The zero-order valence-electron chi connectivity index (χ0n) is 14.1. The number of hydrogen-bond acceptors (Lipinski definition) is 3. The fraction of sp³-hybridized carbons (Fsp3) is 0.0476. The third kappa shape index (κ3) is 4.14. The van der Waals surface area contributed by atoms with Crippen LogP contribution in [0.15, 0.2) is 66.0 Å². The fourth-order valence-corrected chi connectivity index (χ4v) is 3.96. The standard InChI is InChI=1S/C21H14Cl2N2OS/c22-16-7-8-18(23)17(11-16)19-12-27-21(24-19)25-20(26)10-13-5-6-14-3-1-2-4-15(14)9-13/h1-9,11-12H,10H2,(H,24,25,26). The molecule has 3 nitrogen and oxygen atoms in total. The maximum atomic E-state index is 12.4. The number of nitrogens with one attached hydrogen (secondary N) is 1. The van der Waals surface area contributed by atoms with Gasteiger partial charge in [-0.15, -0.1) is 11.3 Å². The molecule has 3 aromatic carbocycles. The Morgan fingerprint density at radius 3 is 2.67 bits per heavy atom. The normalized spacial score (nSPS) is 10.9. The van der Waals surface area contributed by atoms with E-state index in [-0.39, 0.29) is 12.3 Å². The van der Waals surface area contributed by atoms with Gasteiger partial charge in [-0.2, -0.15) is 0 Å². The van der Waals surface area contributed by atoms with Gasteiger partial charge >= 0.3 is 0 Å². The zero-order valence-corrected chi connectivity index (χ0v) is 16.4. The highest BCUT2D eigenvalue weighted by Gasteiger charge is 2.12. The maximum Gasteiger partial charge on any atom is 0.230 e. The van der Waals surface area contributed by atoms with Gasteiger partial charge in [0, 0.05) is 16.0 Å². The van der Waals surface area contributed by atoms with Crippen LogP contribution in [0.25, 0.3) is 22.0 Å². The largest absolute Gasteiger partial charge is 0.302 e. The van der Waals surface area contributed by atoms with E-state index in [1.165, 1.54) is 11.3 Å². The first-order chi connectivity index (χ1) is 13.1. The van der Waals surface area contributed by atoms with Crippen LogP contribution in [0.3, 0.4) is 0 Å². The Bertz CT molecular complexity index is 1140. The number of aromatic nitrogens is 1. The third-order valence-corrected chi connectivity index (χ3v) is 5.46. The fourth-order valence-electron chi connectivity index (χ4n) is 2.85. The zero-order chi connectivity index (χ0) is 18.8. The average Bonchev–Trinajstić information content (AvgIpc) is 3.11. The molecule has 1 amide bonds. The van der Waals surface area contributed by atoms with E-state index in [2.05, 4.69) is 16.4 Å². The number of halogens is 2. The molecule has 4 aromatic rings. The Labute approximate surface area is 170 Å². The van der Waals surface area contributed by atoms with Crippen LogP contribution >= 0.6 is 34.5 Å². The lowest BCUT2D eigenvalue weighted by atomic mass is 10.1. The van der Waals surface area contributed by atoms with E-state index in [0.29, 0.717) is 20.9 Å². The summed E-state index contributed by atoms with van der Waals surface area (Å²) in [7, 11) is 0. The van der Waals surface area contributed by atoms with Gasteiger partial charge in [0.1, 0.15) is 0 Å². The van der Waals surface area contributed by atoms with Crippen molar-refractivity contribution in [1.82, 2.24) is 4.98 Å². The predicted octanol–water partition coefficient (Wildman–Crippen LogP) is 6.45. The minimum absolute atomic E-state index is 0.108. The first kappa shape index (κ1) is 18.0. The van der Waals surface area contributed by atoms with Gasteiger partial charge in [0.05, 0.1) is 17.1 Å². The predicted molar refractivity (Wildman–Crippen MR) is 114 cm³/mol. The molecule has 4 rings (SSSR count). The number of carbonyl (C=O) groups excluding carboxylic acids is 1. The van der Waals surface area contributed by atoms with E-state index in [1.54, 1.807) is 18.2 Å². The number of fused-ring (bicyclic) bond motifs is 1. The third-order valence-electron chi connectivity index (χ3n) is 4.13. The number of carbonyl (C=O) groups is 1. The lowest BCUT2D eigenvalue weighted by Crippen LogP contribution is -2.14. The van der Waals surface area contributed by atoms with Crippen LogP contribution in [0.5, 0.6) is 0 Å². The molecule has 1 aromatic heterocycles. The van der Waals surface area contributed by atoms with Gasteiger partial charge in [0.15, 0.2) is 5.13 Å². The highest BCUT2D eigenvalue weighted by atomic mass is 35.5. The van der Waals surface area contributed by atoms with E-state index < -0.39 is 0 Å². The highest BCUT2D eigenvalue weighted by Crippen LogP contribution is 2.32. The molecular formula is C21H14Cl2N2OS. The van der Waals surface area contributed by atoms with Crippen LogP contribution in [-0.4, -0.2) is 10.9 Å². The van der Waals surface area contributed by atoms with Crippen LogP contribution < -0.4 is 5.32 Å². The summed E-state index contributed by atoms with van der Waals surface area (Å²) in [6, 6.07) is 19.3. The molecule has 0 fully saturated rings. The molecule has 0 saturated heterocycles. The molecule has 0 spiro atoms. The number of nitrogens with zero attached hydrogens (tertiary/aromatic N) is 1. The summed E-state index contributed by atoms with van der Waals surface area (Å²) in [5, 5.41) is 8.67. The maximum absolute atomic E-state index is 12.4. The van der Waals surface area contributed by atoms with Crippen molar-refractivity contribution >= 4 is 56.3 Å². The summed E-state index contributed by atoms with van der Waals surface area (Å²) in [6.07, 6.45) is 0.289. The summed E-state index contributed by atoms with van der Waals surface area (Å²) in [6.45, 7) is 0. The second kappa shape index (κ2) is 7.69. The topological polar surface area (TPSA) is 42.0 Å². The molecule has 0 atom stereocenters. The summed E-state index contributed by atoms with van der Waals surface area (Å²) < 4.78 is 0. The van der Waals surface area contributed by atoms with Crippen molar-refractivity contribution in [1.29, 1.82) is 0 Å². The minimum atomic E-state index is -0.108. The van der Waals surface area contributed by atoms with Gasteiger partial charge in [0.2, 0.25) is 5.91 Å². The second-order valence-corrected chi connectivity index (χ2v) is 7.77. The molecule has 0 aliphatic carbocycles. The Balaban J connectivity index is 1.48. The number of amides is 1. The summed E-state index contributed by atoms with van der Waals surface area (Å²) in [4.78, 5) is 16.9. The van der Waals surface area contributed by atoms with Crippen molar-refractivity contribution < 1.29 is 4.79 Å². The number of benzene rings is 3. The first-order valence-corrected chi connectivity index (χ1v) is 9.90. The number of hydrogen-bond donors (Lipinski definition) is 1. The molecule has 27 heavy (non-hydrogen) atoms. The van der Waals surface area contributed by atoms with Crippen molar-refractivity contribution in [2.75, 3.05) is 5.32 Å². The van der Waals surface area contributed by atoms with Crippen LogP contribution in [0, 0.1) is 0 Å². The monoisotopic (exact) mass is 412 g/mol. The van der Waals surface area contributed by atoms with Gasteiger partial charge in [-0.25, -0.2) is 4.98 Å². The Morgan fingerprint density at radius 2 is 1.81 bits per heavy atom. The number of rotatable bonds is 4. The lowest BCUT2D eigenvalue weighted by Gasteiger charge is -2.04. The molecule has 6 heteroatoms. The smallest absolute Gasteiger partial charge is 0.230 e. The van der Waals surface area contributed by atoms with Crippen LogP contribution in [0.2, 0.25) is 10.0 Å². The van der Waals surface area contributed by atoms with Crippen LogP contribution in [0.1, 0.15) is 5.56 Å². The summed E-state index contributed by atoms with van der Waals surface area (Å²) in [5.41, 5.74) is 2.39. The molecule has 1 N–H and O–H groups in total. The summed E-state index contributed by atoms with van der Waals surface area (Å²) in [5.74, 6) is -0.108. The van der Waals surface area contributed by atoms with Gasteiger partial charge in [-0.05, 0) is 34.5 Å². The van der Waals surface area contributed by atoms with E-state index >= 15 is 0 Å². The second-order valence-electron chi connectivity index (χ2n) is 6.07. The number of thiazole rings is 1. The molecule has 0 aliphatic heterocycles.